The van der Waals surface area contributed by atoms with Crippen LogP contribution in [0.15, 0.2) is 23.1 Å². The first-order valence-electron chi connectivity index (χ1n) is 9.48. The number of fused-ring (bicyclic) bond motifs is 1. The van der Waals surface area contributed by atoms with E-state index < -0.39 is 0 Å². The van der Waals surface area contributed by atoms with Gasteiger partial charge in [-0.25, -0.2) is 0 Å². The second-order valence-corrected chi connectivity index (χ2v) is 9.74. The van der Waals surface area contributed by atoms with Gasteiger partial charge in [0.1, 0.15) is 5.78 Å². The van der Waals surface area contributed by atoms with Gasteiger partial charge in [0.05, 0.1) is 5.75 Å². The van der Waals surface area contributed by atoms with Gasteiger partial charge in [-0.05, 0) is 98.8 Å². The van der Waals surface area contributed by atoms with Gasteiger partial charge in [-0.3, -0.25) is 4.79 Å². The van der Waals surface area contributed by atoms with Gasteiger partial charge in [0.15, 0.2) is 0 Å². The number of thioether (sulfide) groups is 1. The van der Waals surface area contributed by atoms with Gasteiger partial charge in [0.25, 0.3) is 0 Å². The molecule has 6 rings (SSSR count). The summed E-state index contributed by atoms with van der Waals surface area (Å²) < 4.78 is 0. The van der Waals surface area contributed by atoms with E-state index in [-0.39, 0.29) is 5.41 Å². The maximum atomic E-state index is 13.1. The standard InChI is InChI=1S/C21H26OS/c22-20(13-23-19-5-4-17-2-1-3-18(17)9-19)21-10-14-6-15(11-21)8-16(7-14)12-21/h4-5,9,14-16H,1-3,6-8,10-13H2. The van der Waals surface area contributed by atoms with Crippen LogP contribution in [0.25, 0.3) is 0 Å². The van der Waals surface area contributed by atoms with Crippen LogP contribution in [0.2, 0.25) is 0 Å². The van der Waals surface area contributed by atoms with E-state index in [0.29, 0.717) is 11.5 Å². The smallest absolute Gasteiger partial charge is 0.149 e. The zero-order valence-electron chi connectivity index (χ0n) is 13.9. The van der Waals surface area contributed by atoms with E-state index in [1.807, 2.05) is 0 Å². The fourth-order valence-electron chi connectivity index (χ4n) is 6.39. The molecule has 2 heteroatoms. The van der Waals surface area contributed by atoms with Crippen LogP contribution in [0.4, 0.5) is 0 Å². The van der Waals surface area contributed by atoms with E-state index in [2.05, 4.69) is 18.2 Å². The lowest BCUT2D eigenvalue weighted by molar-refractivity contribution is -0.141. The third kappa shape index (κ3) is 2.49. The Hall–Kier alpha value is -0.760. The first-order chi connectivity index (χ1) is 11.2. The Morgan fingerprint density at radius 3 is 2.35 bits per heavy atom. The number of benzene rings is 1. The Bertz CT molecular complexity index is 612. The number of carbonyl (C=O) groups excluding carboxylic acids is 1. The summed E-state index contributed by atoms with van der Waals surface area (Å²) in [6, 6.07) is 6.88. The van der Waals surface area contributed by atoms with Crippen LogP contribution in [0.5, 0.6) is 0 Å². The maximum Gasteiger partial charge on any atom is 0.149 e. The molecule has 23 heavy (non-hydrogen) atoms. The van der Waals surface area contributed by atoms with Crippen LogP contribution in [0, 0.1) is 23.2 Å². The molecule has 4 saturated carbocycles. The van der Waals surface area contributed by atoms with E-state index in [1.165, 1.54) is 73.8 Å². The van der Waals surface area contributed by atoms with Crippen LogP contribution < -0.4 is 0 Å². The summed E-state index contributed by atoms with van der Waals surface area (Å²) in [6.07, 6.45) is 11.7. The number of hydrogen-bond donors (Lipinski definition) is 0. The monoisotopic (exact) mass is 326 g/mol. The zero-order valence-corrected chi connectivity index (χ0v) is 14.7. The number of Topliss-reactive ketones (excluding diaryl/α,β-unsaturated/α-hetero) is 1. The van der Waals surface area contributed by atoms with Gasteiger partial charge >= 0.3 is 0 Å². The Morgan fingerprint density at radius 1 is 1.00 bits per heavy atom. The third-order valence-corrected chi connectivity index (χ3v) is 8.06. The summed E-state index contributed by atoms with van der Waals surface area (Å²) >= 11 is 1.79. The Labute approximate surface area is 143 Å². The Balaban J connectivity index is 1.29. The second-order valence-electron chi connectivity index (χ2n) is 8.69. The quantitative estimate of drug-likeness (QED) is 0.720. The molecular formula is C21H26OS. The summed E-state index contributed by atoms with van der Waals surface area (Å²) in [4.78, 5) is 14.4. The van der Waals surface area contributed by atoms with E-state index in [0.717, 1.165) is 17.8 Å². The van der Waals surface area contributed by atoms with Crippen molar-refractivity contribution in [1.82, 2.24) is 0 Å². The van der Waals surface area contributed by atoms with Crippen molar-refractivity contribution in [2.45, 2.75) is 62.7 Å². The lowest BCUT2D eigenvalue weighted by Gasteiger charge is -2.56. The third-order valence-electron chi connectivity index (χ3n) is 7.07. The summed E-state index contributed by atoms with van der Waals surface area (Å²) in [5.41, 5.74) is 3.14. The molecule has 4 bridgehead atoms. The molecule has 0 N–H and O–H groups in total. The van der Waals surface area contributed by atoms with Gasteiger partial charge in [0, 0.05) is 10.3 Å². The minimum atomic E-state index is 0.0818. The molecule has 0 heterocycles. The maximum absolute atomic E-state index is 13.1. The van der Waals surface area contributed by atoms with Crippen LogP contribution in [0.1, 0.15) is 56.1 Å². The van der Waals surface area contributed by atoms with Crippen LogP contribution in [-0.4, -0.2) is 11.5 Å². The summed E-state index contributed by atoms with van der Waals surface area (Å²) in [5.74, 6) is 3.88. The van der Waals surface area contributed by atoms with E-state index in [1.54, 1.807) is 11.8 Å². The van der Waals surface area contributed by atoms with Gasteiger partial charge in [-0.15, -0.1) is 11.8 Å². The molecule has 5 aliphatic carbocycles. The van der Waals surface area contributed by atoms with Gasteiger partial charge in [-0.1, -0.05) is 6.07 Å². The molecule has 4 fully saturated rings. The zero-order chi connectivity index (χ0) is 15.4. The van der Waals surface area contributed by atoms with Gasteiger partial charge in [0.2, 0.25) is 0 Å². The summed E-state index contributed by atoms with van der Waals surface area (Å²) in [7, 11) is 0. The molecule has 122 valence electrons. The molecule has 0 amide bonds. The molecule has 0 spiro atoms. The van der Waals surface area contributed by atoms with Crippen molar-refractivity contribution in [1.29, 1.82) is 0 Å². The molecule has 0 radical (unpaired) electrons. The molecule has 0 atom stereocenters. The van der Waals surface area contributed by atoms with Crippen LogP contribution >= 0.6 is 11.8 Å². The molecule has 0 unspecified atom stereocenters. The van der Waals surface area contributed by atoms with Crippen molar-refractivity contribution in [3.05, 3.63) is 29.3 Å². The fourth-order valence-corrected chi connectivity index (χ4v) is 7.39. The molecule has 1 nitrogen and oxygen atoms in total. The molecule has 0 saturated heterocycles. The number of carbonyl (C=O) groups is 1. The summed E-state index contributed by atoms with van der Waals surface area (Å²) in [5, 5.41) is 0. The highest BCUT2D eigenvalue weighted by Gasteiger charge is 2.53. The number of hydrogen-bond acceptors (Lipinski definition) is 2. The number of aryl methyl sites for hydroxylation is 2. The van der Waals surface area contributed by atoms with Gasteiger partial charge in [-0.2, -0.15) is 0 Å². The lowest BCUT2D eigenvalue weighted by Crippen LogP contribution is -2.50. The van der Waals surface area contributed by atoms with Crippen molar-refractivity contribution >= 4 is 17.5 Å². The minimum Gasteiger partial charge on any atom is -0.298 e. The number of ketones is 1. The van der Waals surface area contributed by atoms with Crippen molar-refractivity contribution in [3.8, 4) is 0 Å². The highest BCUT2D eigenvalue weighted by atomic mass is 32.2. The SMILES string of the molecule is O=C(CSc1ccc2c(c1)CCC2)C12CC3CC(CC(C3)C1)C2. The average Bonchev–Trinajstić information content (AvgIpc) is 2.99. The normalized spacial score (nSPS) is 37.1. The minimum absolute atomic E-state index is 0.0818. The van der Waals surface area contributed by atoms with Crippen molar-refractivity contribution in [3.63, 3.8) is 0 Å². The molecule has 1 aromatic rings. The molecular weight excluding hydrogens is 300 g/mol. The lowest BCUT2D eigenvalue weighted by atomic mass is 9.48. The Morgan fingerprint density at radius 2 is 1.65 bits per heavy atom. The highest BCUT2D eigenvalue weighted by molar-refractivity contribution is 8.00. The average molecular weight is 327 g/mol. The van der Waals surface area contributed by atoms with Crippen LogP contribution in [0.3, 0.4) is 0 Å². The fraction of sp³-hybridized carbons (Fsp3) is 0.667. The molecule has 0 aromatic heterocycles. The Kier molecular flexibility index (Phi) is 3.40. The highest BCUT2D eigenvalue weighted by Crippen LogP contribution is 2.60. The molecule has 5 aliphatic rings. The van der Waals surface area contributed by atoms with E-state index >= 15 is 0 Å². The first kappa shape index (κ1) is 14.6. The predicted octanol–water partition coefficient (Wildman–Crippen LogP) is 5.05. The van der Waals surface area contributed by atoms with Crippen molar-refractivity contribution in [2.75, 3.05) is 5.75 Å². The number of rotatable bonds is 4. The topological polar surface area (TPSA) is 17.1 Å². The predicted molar refractivity (Wildman–Crippen MR) is 94.8 cm³/mol. The largest absolute Gasteiger partial charge is 0.298 e. The molecule has 0 aliphatic heterocycles. The first-order valence-corrected chi connectivity index (χ1v) is 10.5. The van der Waals surface area contributed by atoms with E-state index in [4.69, 9.17) is 0 Å². The summed E-state index contributed by atoms with van der Waals surface area (Å²) in [6.45, 7) is 0. The van der Waals surface area contributed by atoms with E-state index in [9.17, 15) is 4.79 Å². The van der Waals surface area contributed by atoms with Crippen molar-refractivity contribution in [2.24, 2.45) is 23.2 Å². The van der Waals surface area contributed by atoms with Crippen molar-refractivity contribution < 1.29 is 4.79 Å². The second kappa shape index (κ2) is 5.37. The van der Waals surface area contributed by atoms with Gasteiger partial charge < -0.3 is 0 Å². The van der Waals surface area contributed by atoms with Crippen LogP contribution in [-0.2, 0) is 17.6 Å². The molecule has 1 aromatic carbocycles.